The quantitative estimate of drug-likeness (QED) is 0.177. The molecule has 372 valence electrons. The van der Waals surface area contributed by atoms with Crippen LogP contribution in [0.25, 0.3) is 0 Å². The molecular weight excluding hydrogens is 806 g/mol. The first kappa shape index (κ1) is 71.7. The Morgan fingerprint density at radius 3 is 1.23 bits per heavy atom. The number of halogens is 3. The van der Waals surface area contributed by atoms with Crippen molar-refractivity contribution in [2.75, 3.05) is 79.2 Å². The normalized spacial score (nSPS) is 29.4. The van der Waals surface area contributed by atoms with Crippen LogP contribution in [-0.4, -0.2) is 175 Å². The van der Waals surface area contributed by atoms with Gasteiger partial charge in [-0.05, 0) is 108 Å². The monoisotopic (exact) mass is 913 g/mol. The van der Waals surface area contributed by atoms with E-state index in [2.05, 4.69) is 101 Å². The highest BCUT2D eigenvalue weighted by molar-refractivity contribution is 7.59. The fourth-order valence-corrected chi connectivity index (χ4v) is 7.61. The first-order valence-corrected chi connectivity index (χ1v) is 20.8. The molecule has 5 heterocycles. The second-order valence-electron chi connectivity index (χ2n) is 18.7. The van der Waals surface area contributed by atoms with E-state index in [1.807, 2.05) is 0 Å². The lowest BCUT2D eigenvalue weighted by Gasteiger charge is -2.26. The molecule has 0 aromatic carbocycles. The van der Waals surface area contributed by atoms with Crippen LogP contribution in [0.3, 0.4) is 0 Å². The van der Waals surface area contributed by atoms with Gasteiger partial charge >= 0.3 is 0 Å². The third-order valence-electron chi connectivity index (χ3n) is 11.6. The van der Waals surface area contributed by atoms with E-state index in [4.69, 9.17) is 33.4 Å². The SMILES string of the molecule is C.C.C.C.CC(C)N1CC[C@@](N)(CC(F)F)C1.CC(C)N1CC[C@H](N)C1.CC(C)N1CC[C@](C)(N)C1.CC(C)N1C[C@@H](N)[C@H](F)C1.COC[C@]1(N)CCN(C(C)C)C1.S.S. The van der Waals surface area contributed by atoms with Gasteiger partial charge in [-0.25, -0.2) is 13.2 Å². The standard InChI is InChI=1S/C9H18F2N2.C9H20N2O.C8H18N2.C7H15FN2.C7H16N2.4CH4.2H2S/c1-7(2)13-4-3-9(12,6-13)5-8(10)11;1-8(2)11-5-4-9(10,6-11)7-12-3;1-7(2)10-5-4-8(3,9)6-10;1-5(2)10-3-6(8)7(9)4-10;1-6(2)9-4-3-7(8)5-9;;;;;;/h7-8H,3-6,12H2,1-2H3;8H,4-7,10H2,1-3H3;7H,4-6,9H2,1-3H3;5-7H,3-4,9H2,1-2H3;6-7H,3-5,8H2,1-2H3;4*1H4;2*1H2/t2*9-;8-;6-,7-;7-;;;;;;/m10010....../s1. The molecule has 0 aromatic heterocycles. The lowest BCUT2D eigenvalue weighted by atomic mass is 9.96. The van der Waals surface area contributed by atoms with Gasteiger partial charge in [0, 0.05) is 126 Å². The van der Waals surface area contributed by atoms with Gasteiger partial charge in [0.05, 0.1) is 12.1 Å². The van der Waals surface area contributed by atoms with Crippen LogP contribution in [0.4, 0.5) is 13.2 Å². The third-order valence-corrected chi connectivity index (χ3v) is 11.6. The number of nitrogens with two attached hydrogens (primary N) is 5. The van der Waals surface area contributed by atoms with Crippen LogP contribution in [0.15, 0.2) is 0 Å². The summed E-state index contributed by atoms with van der Waals surface area (Å²) in [7, 11) is 1.71. The van der Waals surface area contributed by atoms with E-state index < -0.39 is 18.1 Å². The van der Waals surface area contributed by atoms with Crippen LogP contribution in [0.2, 0.25) is 0 Å². The molecule has 10 N–H and O–H groups in total. The van der Waals surface area contributed by atoms with Gasteiger partial charge in [-0.2, -0.15) is 27.0 Å². The van der Waals surface area contributed by atoms with Gasteiger partial charge in [-0.3, -0.25) is 24.5 Å². The summed E-state index contributed by atoms with van der Waals surface area (Å²) in [6, 6.07) is 2.95. The van der Waals surface area contributed by atoms with Gasteiger partial charge in [0.1, 0.15) is 6.17 Å². The second-order valence-corrected chi connectivity index (χ2v) is 18.7. The number of likely N-dealkylation sites (tertiary alicyclic amines) is 5. The first-order valence-electron chi connectivity index (χ1n) is 20.8. The Balaban J connectivity index is -0.000000149. The second kappa shape index (κ2) is 33.5. The number of methoxy groups -OCH3 is 1. The highest BCUT2D eigenvalue weighted by Gasteiger charge is 2.38. The fourth-order valence-electron chi connectivity index (χ4n) is 7.61. The van der Waals surface area contributed by atoms with Crippen LogP contribution >= 0.6 is 27.0 Å². The Kier molecular flexibility index (Phi) is 40.0. The molecule has 60 heavy (non-hydrogen) atoms. The van der Waals surface area contributed by atoms with Gasteiger partial charge in [0.15, 0.2) is 0 Å². The van der Waals surface area contributed by atoms with Crippen molar-refractivity contribution in [1.82, 2.24) is 24.5 Å². The van der Waals surface area contributed by atoms with Crippen molar-refractivity contribution in [2.45, 2.75) is 209 Å². The summed E-state index contributed by atoms with van der Waals surface area (Å²) in [6.45, 7) is 33.6. The predicted molar refractivity (Wildman–Crippen MR) is 269 cm³/mol. The van der Waals surface area contributed by atoms with Gasteiger partial charge in [0.25, 0.3) is 0 Å². The minimum absolute atomic E-state index is 0. The summed E-state index contributed by atoms with van der Waals surface area (Å²) in [5.41, 5.74) is 28.5. The van der Waals surface area contributed by atoms with Crippen LogP contribution in [0, 0.1) is 0 Å². The third kappa shape index (κ3) is 27.4. The van der Waals surface area contributed by atoms with Crippen molar-refractivity contribution in [3.8, 4) is 0 Å². The van der Waals surface area contributed by atoms with Gasteiger partial charge in [0.2, 0.25) is 6.43 Å². The van der Waals surface area contributed by atoms with Crippen LogP contribution in [0.5, 0.6) is 0 Å². The molecule has 0 aliphatic carbocycles. The van der Waals surface area contributed by atoms with Gasteiger partial charge in [-0.15, -0.1) is 0 Å². The molecule has 0 bridgehead atoms. The maximum atomic E-state index is 12.8. The number of ether oxygens (including phenoxy) is 1. The first-order chi connectivity index (χ1) is 24.8. The summed E-state index contributed by atoms with van der Waals surface area (Å²) < 4.78 is 42.2. The summed E-state index contributed by atoms with van der Waals surface area (Å²) in [6.07, 6.45) is 0.799. The molecule has 5 aliphatic heterocycles. The van der Waals surface area contributed by atoms with Crippen molar-refractivity contribution in [2.24, 2.45) is 28.7 Å². The van der Waals surface area contributed by atoms with Crippen LogP contribution in [-0.2, 0) is 4.74 Å². The molecule has 11 nitrogen and oxygen atoms in total. The molecule has 0 amide bonds. The van der Waals surface area contributed by atoms with Crippen molar-refractivity contribution in [3.05, 3.63) is 0 Å². The van der Waals surface area contributed by atoms with Crippen LogP contribution in [0.1, 0.15) is 138 Å². The number of hydrogen-bond acceptors (Lipinski definition) is 11. The highest BCUT2D eigenvalue weighted by atomic mass is 32.1. The van der Waals surface area contributed by atoms with E-state index in [1.165, 1.54) is 19.5 Å². The maximum Gasteiger partial charge on any atom is 0.240 e. The predicted octanol–water partition coefficient (Wildman–Crippen LogP) is 6.29. The Morgan fingerprint density at radius 2 is 0.983 bits per heavy atom. The minimum Gasteiger partial charge on any atom is -0.383 e. The zero-order chi connectivity index (χ0) is 41.6. The summed E-state index contributed by atoms with van der Waals surface area (Å²) in [5, 5.41) is 0. The fraction of sp³-hybridized carbons (Fsp3) is 1.00. The van der Waals surface area contributed by atoms with Gasteiger partial charge in [-0.1, -0.05) is 29.7 Å². The molecule has 0 aromatic rings. The maximum absolute atomic E-state index is 12.8. The molecule has 0 unspecified atom stereocenters. The Bertz CT molecular complexity index is 1010. The van der Waals surface area contributed by atoms with E-state index in [9.17, 15) is 13.2 Å². The molecule has 5 rings (SSSR count). The van der Waals surface area contributed by atoms with Crippen molar-refractivity contribution in [3.63, 3.8) is 0 Å². The number of rotatable bonds is 9. The topological polar surface area (TPSA) is 156 Å². The number of alkyl halides is 3. The van der Waals surface area contributed by atoms with Crippen LogP contribution < -0.4 is 28.7 Å². The average Bonchev–Trinajstić information content (AvgIpc) is 3.88. The molecular formula is C44H107F3N10OS2. The Labute approximate surface area is 385 Å². The Hall–Kier alpha value is 0.0500. The van der Waals surface area contributed by atoms with E-state index in [0.717, 1.165) is 45.6 Å². The molecule has 5 fully saturated rings. The zero-order valence-corrected chi connectivity index (χ0v) is 39.7. The summed E-state index contributed by atoms with van der Waals surface area (Å²) in [4.78, 5) is 11.5. The lowest BCUT2D eigenvalue weighted by Crippen LogP contribution is -2.47. The van der Waals surface area contributed by atoms with E-state index in [1.54, 1.807) is 7.11 Å². The largest absolute Gasteiger partial charge is 0.383 e. The van der Waals surface area contributed by atoms with Crippen molar-refractivity contribution >= 4 is 27.0 Å². The number of hydrogen-bond donors (Lipinski definition) is 5. The molecule has 5 aliphatic rings. The lowest BCUT2D eigenvalue weighted by molar-refractivity contribution is 0.104. The summed E-state index contributed by atoms with van der Waals surface area (Å²) in [5.74, 6) is 0. The van der Waals surface area contributed by atoms with Gasteiger partial charge < -0.3 is 33.4 Å². The molecule has 0 saturated carbocycles. The van der Waals surface area contributed by atoms with E-state index in [-0.39, 0.29) is 80.2 Å². The van der Waals surface area contributed by atoms with E-state index in [0.29, 0.717) is 68.9 Å². The van der Waals surface area contributed by atoms with Crippen molar-refractivity contribution < 1.29 is 17.9 Å². The number of nitrogens with zero attached hydrogens (tertiary/aromatic N) is 5. The minimum atomic E-state index is -2.28. The molecule has 6 atom stereocenters. The smallest absolute Gasteiger partial charge is 0.240 e. The molecule has 5 saturated heterocycles. The summed E-state index contributed by atoms with van der Waals surface area (Å²) >= 11 is 0. The zero-order valence-electron chi connectivity index (χ0n) is 37.7. The molecule has 0 spiro atoms. The van der Waals surface area contributed by atoms with E-state index >= 15 is 0 Å². The highest BCUT2D eigenvalue weighted by Crippen LogP contribution is 2.26. The average molecular weight is 914 g/mol. The van der Waals surface area contributed by atoms with Crippen molar-refractivity contribution in [1.29, 1.82) is 0 Å². The molecule has 0 radical (unpaired) electrons. The molecule has 16 heteroatoms. The Morgan fingerprint density at radius 1 is 0.583 bits per heavy atom.